The summed E-state index contributed by atoms with van der Waals surface area (Å²) < 4.78 is 54.9. The molecule has 0 bridgehead atoms. The van der Waals surface area contributed by atoms with E-state index in [1.165, 1.54) is 31.2 Å². The number of hydrogen-bond acceptors (Lipinski definition) is 25. The third-order valence-electron chi connectivity index (χ3n) is 20.2. The Morgan fingerprint density at radius 2 is 0.675 bits per heavy atom. The lowest BCUT2D eigenvalue weighted by Gasteiger charge is -2.22. The van der Waals surface area contributed by atoms with Gasteiger partial charge in [-0.25, -0.2) is 19.2 Å². The van der Waals surface area contributed by atoms with Gasteiger partial charge in [-0.2, -0.15) is 0 Å². The quantitative estimate of drug-likeness (QED) is 0.0276. The number of Topliss-reactive ketones (excluding diaryl/α,β-unsaturated/α-hetero) is 5. The Hall–Kier alpha value is -9.23. The molecule has 2 aromatic rings. The van der Waals surface area contributed by atoms with Crippen LogP contribution in [0.1, 0.15) is 260 Å². The molecule has 0 heterocycles. The number of carbonyl (C=O) groups is 15. The van der Waals surface area contributed by atoms with Crippen molar-refractivity contribution >= 4 is 88.2 Å². The van der Waals surface area contributed by atoms with Crippen molar-refractivity contribution in [3.05, 3.63) is 59.7 Å². The van der Waals surface area contributed by atoms with Crippen molar-refractivity contribution in [1.29, 1.82) is 0 Å². The standard InChI is InChI=1S/C91H144N6O29/c1-68(98)69(25-17-19-45-92-85(107)66-124-62-58-120-54-48-95-86(108)67-123-61-55-117-49-23-27-73(99)36-41-77(89(113)114)96-82(104)29-15-11-7-5-9-13-21-51-125-75-37-31-70(32-38-75)87(109)110)35-43-79(101)72(63-80(102)91(2,3)4)26-18-20-46-93-84(106)65-122-60-56-118-50-24-28-74(100)64-121-59-57-119-53-47-94-81(103)44-42-78(90(115)116)97-83(105)30-16-12-8-6-10-14-22-52-126-76-39-33-71(34-40-76)88(111)112/h31-34,37-40,69,72,77-78H,5-30,35-36,41-67H2,1-4H3,(H,92,107)(H,93,106)(H,94,103)(H,95,108)(H,96,104)(H,97,105)(H,109,110)(H,111,112)(H,113,114)(H,115,116)/t69-,72-,77+,78+/m1/s1. The van der Waals surface area contributed by atoms with Crippen LogP contribution in [0.5, 0.6) is 11.5 Å². The lowest BCUT2D eigenvalue weighted by molar-refractivity contribution is -0.142. The first-order valence-electron chi connectivity index (χ1n) is 44.8. The van der Waals surface area contributed by atoms with E-state index < -0.39 is 53.2 Å². The molecular weight excluding hydrogens is 1640 g/mol. The van der Waals surface area contributed by atoms with Crippen LogP contribution >= 0.6 is 0 Å². The summed E-state index contributed by atoms with van der Waals surface area (Å²) in [4.78, 5) is 184. The minimum Gasteiger partial charge on any atom is -0.494 e. The van der Waals surface area contributed by atoms with Crippen LogP contribution in [0.15, 0.2) is 48.5 Å². The molecule has 2 rings (SSSR count). The number of aromatic carboxylic acids is 2. The Balaban J connectivity index is 1.42. The lowest BCUT2D eigenvalue weighted by atomic mass is 9.80. The molecule has 126 heavy (non-hydrogen) atoms. The maximum atomic E-state index is 13.7. The monoisotopic (exact) mass is 1780 g/mol. The highest BCUT2D eigenvalue weighted by atomic mass is 16.5. The van der Waals surface area contributed by atoms with Crippen LogP contribution in [0.4, 0.5) is 0 Å². The molecule has 0 spiro atoms. The fourth-order valence-corrected chi connectivity index (χ4v) is 12.7. The second kappa shape index (κ2) is 72.8. The zero-order chi connectivity index (χ0) is 92.6. The molecule has 0 aliphatic heterocycles. The van der Waals surface area contributed by atoms with Crippen LogP contribution in [-0.4, -0.2) is 266 Å². The second-order valence-electron chi connectivity index (χ2n) is 32.0. The normalized spacial score (nSPS) is 12.2. The number of ether oxygens (including phenoxy) is 10. The van der Waals surface area contributed by atoms with Crippen molar-refractivity contribution in [2.75, 3.05) is 145 Å². The van der Waals surface area contributed by atoms with E-state index in [0.29, 0.717) is 115 Å². The van der Waals surface area contributed by atoms with Crippen LogP contribution in [-0.2, 0) is 100 Å². The summed E-state index contributed by atoms with van der Waals surface area (Å²) >= 11 is 0. The molecule has 6 amide bonds. The summed E-state index contributed by atoms with van der Waals surface area (Å²) in [5.74, 6) is -6.63. The molecule has 35 nitrogen and oxygen atoms in total. The number of benzene rings is 2. The zero-order valence-corrected chi connectivity index (χ0v) is 74.8. The van der Waals surface area contributed by atoms with Gasteiger partial charge in [-0.3, -0.25) is 52.7 Å². The summed E-state index contributed by atoms with van der Waals surface area (Å²) in [5, 5.41) is 53.2. The van der Waals surface area contributed by atoms with Crippen LogP contribution in [0, 0.1) is 17.3 Å². The molecule has 10 N–H and O–H groups in total. The molecule has 0 aliphatic carbocycles. The fraction of sp³-hybridized carbons (Fsp3) is 0.703. The number of carbonyl (C=O) groups excluding carboxylic acids is 11. The van der Waals surface area contributed by atoms with Crippen molar-refractivity contribution in [2.24, 2.45) is 17.3 Å². The van der Waals surface area contributed by atoms with E-state index in [2.05, 4.69) is 31.9 Å². The first-order valence-corrected chi connectivity index (χ1v) is 44.8. The van der Waals surface area contributed by atoms with E-state index in [1.54, 1.807) is 24.3 Å². The maximum Gasteiger partial charge on any atom is 0.335 e. The third-order valence-corrected chi connectivity index (χ3v) is 20.2. The van der Waals surface area contributed by atoms with Gasteiger partial charge in [0.2, 0.25) is 35.4 Å². The smallest absolute Gasteiger partial charge is 0.335 e. The number of unbranched alkanes of at least 4 members (excludes halogenated alkanes) is 14. The van der Waals surface area contributed by atoms with Crippen molar-refractivity contribution in [3.63, 3.8) is 0 Å². The highest BCUT2D eigenvalue weighted by molar-refractivity contribution is 5.91. The average molecular weight is 1790 g/mol. The Bertz CT molecular complexity index is 3460. The van der Waals surface area contributed by atoms with E-state index >= 15 is 0 Å². The molecule has 0 saturated carbocycles. The van der Waals surface area contributed by atoms with Gasteiger partial charge in [0.05, 0.1) is 90.4 Å². The molecule has 0 saturated heterocycles. The number of carboxylic acids is 4. The van der Waals surface area contributed by atoms with Gasteiger partial charge in [0, 0.05) is 108 Å². The van der Waals surface area contributed by atoms with Gasteiger partial charge in [0.25, 0.3) is 0 Å². The van der Waals surface area contributed by atoms with Crippen LogP contribution < -0.4 is 41.4 Å². The van der Waals surface area contributed by atoms with Gasteiger partial charge in [0.15, 0.2) is 5.78 Å². The first-order chi connectivity index (χ1) is 60.5. The Morgan fingerprint density at radius 3 is 1.09 bits per heavy atom. The van der Waals surface area contributed by atoms with Gasteiger partial charge in [-0.05, 0) is 139 Å². The van der Waals surface area contributed by atoms with Gasteiger partial charge >= 0.3 is 23.9 Å². The summed E-state index contributed by atoms with van der Waals surface area (Å²) in [6.45, 7) is 10.6. The highest BCUT2D eigenvalue weighted by Crippen LogP contribution is 2.27. The molecule has 0 fully saturated rings. The number of amides is 6. The molecule has 2 aromatic carbocycles. The second-order valence-corrected chi connectivity index (χ2v) is 32.0. The van der Waals surface area contributed by atoms with Gasteiger partial charge in [-0.15, -0.1) is 0 Å². The van der Waals surface area contributed by atoms with E-state index in [9.17, 15) is 82.1 Å². The van der Waals surface area contributed by atoms with E-state index in [-0.39, 0.29) is 252 Å². The molecule has 4 atom stereocenters. The first kappa shape index (κ1) is 113. The zero-order valence-electron chi connectivity index (χ0n) is 74.8. The minimum atomic E-state index is -1.22. The summed E-state index contributed by atoms with van der Waals surface area (Å²) in [6, 6.07) is 10.2. The van der Waals surface area contributed by atoms with Gasteiger partial charge in [-0.1, -0.05) is 97.8 Å². The summed E-state index contributed by atoms with van der Waals surface area (Å²) in [7, 11) is 0. The summed E-state index contributed by atoms with van der Waals surface area (Å²) in [6.07, 6.45) is 17.7. The molecule has 0 aromatic heterocycles. The van der Waals surface area contributed by atoms with Crippen molar-refractivity contribution < 1.29 is 140 Å². The Morgan fingerprint density at radius 1 is 0.310 bits per heavy atom. The number of nitrogens with one attached hydrogen (secondary N) is 6. The molecule has 712 valence electrons. The van der Waals surface area contributed by atoms with Gasteiger partial charge in [0.1, 0.15) is 73.1 Å². The average Bonchev–Trinajstić information content (AvgIpc) is 0.880. The lowest BCUT2D eigenvalue weighted by Crippen LogP contribution is -2.41. The van der Waals surface area contributed by atoms with Crippen molar-refractivity contribution in [1.82, 2.24) is 31.9 Å². The topological polar surface area (TPSA) is 501 Å². The fourth-order valence-electron chi connectivity index (χ4n) is 12.7. The number of hydrogen-bond donors (Lipinski definition) is 10. The van der Waals surface area contributed by atoms with E-state index in [4.69, 9.17) is 57.6 Å². The Labute approximate surface area is 741 Å². The summed E-state index contributed by atoms with van der Waals surface area (Å²) in [5.41, 5.74) is -0.244. The van der Waals surface area contributed by atoms with E-state index in [0.717, 1.165) is 77.0 Å². The maximum absolute atomic E-state index is 13.7. The third kappa shape index (κ3) is 62.8. The number of rotatable bonds is 85. The van der Waals surface area contributed by atoms with Crippen LogP contribution in [0.25, 0.3) is 0 Å². The van der Waals surface area contributed by atoms with Gasteiger partial charge < -0.3 is 99.7 Å². The molecule has 0 aliphatic rings. The number of aliphatic carboxylic acids is 2. The predicted molar refractivity (Wildman–Crippen MR) is 465 cm³/mol. The molecule has 0 radical (unpaired) electrons. The highest BCUT2D eigenvalue weighted by Gasteiger charge is 2.30. The van der Waals surface area contributed by atoms with Crippen molar-refractivity contribution in [2.45, 2.75) is 252 Å². The van der Waals surface area contributed by atoms with Crippen LogP contribution in [0.2, 0.25) is 0 Å². The predicted octanol–water partition coefficient (Wildman–Crippen LogP) is 9.29. The molecule has 35 heteroatoms. The van der Waals surface area contributed by atoms with Crippen molar-refractivity contribution in [3.8, 4) is 11.5 Å². The van der Waals surface area contributed by atoms with Crippen LogP contribution in [0.3, 0.4) is 0 Å². The largest absolute Gasteiger partial charge is 0.494 e. The molecule has 0 unspecified atom stereocenters. The molecular formula is C91H144N6O29. The van der Waals surface area contributed by atoms with E-state index in [1.807, 2.05) is 20.8 Å². The Kier molecular flexibility index (Phi) is 65.2. The number of ketones is 5. The number of carboxylic acid groups (broad SMARTS) is 4. The SMILES string of the molecule is CC(=O)[C@H](CCCCNC(=O)COCCOCCNC(=O)COCCOCCCC(=O)CC[C@H](NC(=O)CCCCCCCCCOc1ccc(C(=O)O)cc1)C(=O)O)CCC(=O)[C@H](CCCCNC(=O)COCCOCCCC(=O)COCCOCCNC(=O)CC[C@H](NC(=O)CCCCCCCCCOc1ccc(C(=O)O)cc1)C(=O)O)CC(=O)C(C)(C)C. The minimum absolute atomic E-state index is 0.00487.